The Hall–Kier alpha value is -2.48. The quantitative estimate of drug-likeness (QED) is 0.280. The Morgan fingerprint density at radius 1 is 1.21 bits per heavy atom. The van der Waals surface area contributed by atoms with Crippen LogP contribution in [0.4, 0.5) is 0 Å². The number of carbonyl (C=O) groups excluding carboxylic acids is 2. The van der Waals surface area contributed by atoms with Crippen LogP contribution in [0.1, 0.15) is 86.0 Å². The summed E-state index contributed by atoms with van der Waals surface area (Å²) >= 11 is 13.4. The average molecular weight is 578 g/mol. The Morgan fingerprint density at radius 2 is 1.95 bits per heavy atom. The maximum atomic E-state index is 13.6. The van der Waals surface area contributed by atoms with Crippen molar-refractivity contribution in [1.29, 1.82) is 0 Å². The summed E-state index contributed by atoms with van der Waals surface area (Å²) in [6, 6.07) is 3.22. The van der Waals surface area contributed by atoms with Gasteiger partial charge in [-0.2, -0.15) is 0 Å². The zero-order valence-corrected chi connectivity index (χ0v) is 24.4. The number of methoxy groups -OCH3 is 1. The fourth-order valence-corrected chi connectivity index (χ4v) is 6.96. The van der Waals surface area contributed by atoms with E-state index in [1.807, 2.05) is 20.8 Å². The molecule has 2 aliphatic carbocycles. The number of hydrogen-bond donors (Lipinski definition) is 1. The second-order valence-electron chi connectivity index (χ2n) is 11.7. The standard InChI is InChI=1S/C30H34Cl2O7/c1-14(2)10-20(33)18-8-9-21-22(25(18)36-5)28(34)37-13-19-23(31)15(3)24(32)27(26(19)38-21)39-29(35)30(4)12-16-6-7-17(30)11-16/h8-9,14,16-17,20,33H,6-7,10-13H2,1-5H3/t16-,17+,20+,30+/m1/s1. The summed E-state index contributed by atoms with van der Waals surface area (Å²) in [5.74, 6) is 0.400. The lowest BCUT2D eigenvalue weighted by atomic mass is 9.75. The second-order valence-corrected chi connectivity index (χ2v) is 12.4. The van der Waals surface area contributed by atoms with E-state index in [2.05, 4.69) is 0 Å². The molecule has 0 radical (unpaired) electrons. The highest BCUT2D eigenvalue weighted by Gasteiger charge is 2.54. The van der Waals surface area contributed by atoms with Crippen LogP contribution in [0.3, 0.4) is 0 Å². The molecule has 210 valence electrons. The number of ether oxygens (including phenoxy) is 4. The third-order valence-electron chi connectivity index (χ3n) is 8.59. The molecule has 3 aliphatic rings. The van der Waals surface area contributed by atoms with E-state index < -0.39 is 17.5 Å². The summed E-state index contributed by atoms with van der Waals surface area (Å²) < 4.78 is 23.6. The predicted octanol–water partition coefficient (Wildman–Crippen LogP) is 7.58. The molecule has 0 saturated heterocycles. The van der Waals surface area contributed by atoms with Crippen molar-refractivity contribution in [1.82, 2.24) is 0 Å². The average Bonchev–Trinajstić information content (AvgIpc) is 3.48. The highest BCUT2D eigenvalue weighted by molar-refractivity contribution is 6.38. The first-order chi connectivity index (χ1) is 18.5. The van der Waals surface area contributed by atoms with E-state index in [9.17, 15) is 14.7 Å². The van der Waals surface area contributed by atoms with Crippen molar-refractivity contribution in [3.8, 4) is 23.0 Å². The number of halogens is 2. The molecule has 1 aliphatic heterocycles. The van der Waals surface area contributed by atoms with Gasteiger partial charge in [0.15, 0.2) is 11.5 Å². The molecule has 5 rings (SSSR count). The number of hydrogen-bond acceptors (Lipinski definition) is 7. The van der Waals surface area contributed by atoms with Gasteiger partial charge >= 0.3 is 11.9 Å². The van der Waals surface area contributed by atoms with Gasteiger partial charge in [-0.25, -0.2) is 4.79 Å². The summed E-state index contributed by atoms with van der Waals surface area (Å²) in [6.07, 6.45) is 3.57. The second kappa shape index (κ2) is 10.5. The van der Waals surface area contributed by atoms with Crippen LogP contribution in [0.15, 0.2) is 12.1 Å². The maximum absolute atomic E-state index is 13.6. The first kappa shape index (κ1) is 28.1. The number of carbonyl (C=O) groups is 2. The lowest BCUT2D eigenvalue weighted by molar-refractivity contribution is -0.148. The molecule has 0 unspecified atom stereocenters. The predicted molar refractivity (Wildman–Crippen MR) is 147 cm³/mol. The molecular formula is C30H34Cl2O7. The van der Waals surface area contributed by atoms with Crippen molar-refractivity contribution in [2.75, 3.05) is 7.11 Å². The molecule has 39 heavy (non-hydrogen) atoms. The van der Waals surface area contributed by atoms with Gasteiger partial charge in [-0.3, -0.25) is 4.79 Å². The summed E-state index contributed by atoms with van der Waals surface area (Å²) in [5.41, 5.74) is 0.698. The van der Waals surface area contributed by atoms with Gasteiger partial charge in [-0.15, -0.1) is 0 Å². The van der Waals surface area contributed by atoms with Gasteiger partial charge in [0.05, 0.1) is 34.2 Å². The molecule has 1 heterocycles. The van der Waals surface area contributed by atoms with Gasteiger partial charge in [0.1, 0.15) is 23.7 Å². The molecule has 2 bridgehead atoms. The summed E-state index contributed by atoms with van der Waals surface area (Å²) in [4.78, 5) is 26.9. The van der Waals surface area contributed by atoms with E-state index >= 15 is 0 Å². The van der Waals surface area contributed by atoms with Crippen LogP contribution in [0.2, 0.25) is 10.0 Å². The van der Waals surface area contributed by atoms with Gasteiger partial charge in [0, 0.05) is 5.56 Å². The Kier molecular flexibility index (Phi) is 7.55. The van der Waals surface area contributed by atoms with Crippen LogP contribution in [-0.4, -0.2) is 24.2 Å². The highest BCUT2D eigenvalue weighted by atomic mass is 35.5. The van der Waals surface area contributed by atoms with Gasteiger partial charge in [-0.05, 0) is 75.0 Å². The molecule has 2 saturated carbocycles. The Balaban J connectivity index is 1.60. The lowest BCUT2D eigenvalue weighted by Gasteiger charge is -2.32. The van der Waals surface area contributed by atoms with Crippen LogP contribution in [0.5, 0.6) is 23.0 Å². The molecule has 9 heteroatoms. The topological polar surface area (TPSA) is 91.3 Å². The minimum absolute atomic E-state index is 0.0219. The van der Waals surface area contributed by atoms with E-state index in [-0.39, 0.29) is 63.0 Å². The van der Waals surface area contributed by atoms with Crippen molar-refractivity contribution in [2.45, 2.75) is 72.5 Å². The van der Waals surface area contributed by atoms with Gasteiger partial charge in [0.25, 0.3) is 0 Å². The van der Waals surface area contributed by atoms with Crippen molar-refractivity contribution in [3.63, 3.8) is 0 Å². The third-order valence-corrected chi connectivity index (χ3v) is 9.56. The number of rotatable bonds is 6. The van der Waals surface area contributed by atoms with Crippen LogP contribution in [0, 0.1) is 30.1 Å². The first-order valence-electron chi connectivity index (χ1n) is 13.4. The molecule has 0 spiro atoms. The number of benzene rings is 2. The molecule has 0 aromatic heterocycles. The van der Waals surface area contributed by atoms with Crippen LogP contribution in [-0.2, 0) is 16.1 Å². The highest BCUT2D eigenvalue weighted by Crippen LogP contribution is 2.57. The Bertz CT molecular complexity index is 1340. The molecule has 2 fully saturated rings. The van der Waals surface area contributed by atoms with E-state index in [1.54, 1.807) is 19.1 Å². The number of cyclic esters (lactones) is 1. The Labute approximate surface area is 238 Å². The minimum Gasteiger partial charge on any atom is -0.495 e. The number of aliphatic hydroxyl groups excluding tert-OH is 1. The SMILES string of the molecule is COc1c([C@@H](O)CC(C)C)ccc2c1C(=O)OCc1c(Cl)c(C)c(Cl)c(OC(=O)[C@@]3(C)C[C@@H]4CC[C@H]3C4)c1O2. The zero-order valence-electron chi connectivity index (χ0n) is 22.9. The molecule has 1 N–H and O–H groups in total. The molecule has 4 atom stereocenters. The third kappa shape index (κ3) is 4.76. The lowest BCUT2D eigenvalue weighted by Crippen LogP contribution is -2.37. The van der Waals surface area contributed by atoms with Crippen molar-refractivity contribution < 1.29 is 33.6 Å². The maximum Gasteiger partial charge on any atom is 0.346 e. The summed E-state index contributed by atoms with van der Waals surface area (Å²) in [7, 11) is 1.42. The van der Waals surface area contributed by atoms with Crippen LogP contribution >= 0.6 is 23.2 Å². The van der Waals surface area contributed by atoms with Gasteiger partial charge in [-0.1, -0.05) is 43.5 Å². The molecule has 2 aromatic rings. The van der Waals surface area contributed by atoms with Crippen molar-refractivity contribution in [3.05, 3.63) is 44.4 Å². The minimum atomic E-state index is -0.860. The molecule has 0 amide bonds. The molecule has 2 aromatic carbocycles. The van der Waals surface area contributed by atoms with Gasteiger partial charge < -0.3 is 24.1 Å². The van der Waals surface area contributed by atoms with Crippen molar-refractivity contribution in [2.24, 2.45) is 23.2 Å². The van der Waals surface area contributed by atoms with Crippen LogP contribution in [0.25, 0.3) is 0 Å². The smallest absolute Gasteiger partial charge is 0.346 e. The number of esters is 2. The van der Waals surface area contributed by atoms with Gasteiger partial charge in [0.2, 0.25) is 0 Å². The normalized spacial score (nSPS) is 24.3. The van der Waals surface area contributed by atoms with Crippen molar-refractivity contribution >= 4 is 35.1 Å². The zero-order chi connectivity index (χ0) is 28.2. The van der Waals surface area contributed by atoms with E-state index in [1.165, 1.54) is 7.11 Å². The van der Waals surface area contributed by atoms with E-state index in [4.69, 9.17) is 42.1 Å². The Morgan fingerprint density at radius 3 is 2.56 bits per heavy atom. The molecular weight excluding hydrogens is 543 g/mol. The fraction of sp³-hybridized carbons (Fsp3) is 0.533. The summed E-state index contributed by atoms with van der Waals surface area (Å²) in [5, 5.41) is 11.2. The largest absolute Gasteiger partial charge is 0.495 e. The monoisotopic (exact) mass is 576 g/mol. The van der Waals surface area contributed by atoms with E-state index in [0.29, 0.717) is 29.0 Å². The first-order valence-corrected chi connectivity index (χ1v) is 14.2. The van der Waals surface area contributed by atoms with E-state index in [0.717, 1.165) is 25.7 Å². The summed E-state index contributed by atoms with van der Waals surface area (Å²) in [6.45, 7) is 7.42. The fourth-order valence-electron chi connectivity index (χ4n) is 6.46. The number of fused-ring (bicyclic) bond motifs is 4. The molecule has 7 nitrogen and oxygen atoms in total. The van der Waals surface area contributed by atoms with Crippen LogP contribution < -0.4 is 14.2 Å². The number of aliphatic hydroxyl groups is 1.